The summed E-state index contributed by atoms with van der Waals surface area (Å²) in [6.45, 7) is 2.79. The molecular weight excluding hydrogens is 231 g/mol. The van der Waals surface area contributed by atoms with E-state index in [4.69, 9.17) is 5.73 Å². The lowest BCUT2D eigenvalue weighted by molar-refractivity contribution is 0.0346. The van der Waals surface area contributed by atoms with E-state index in [1.165, 1.54) is 6.07 Å². The summed E-state index contributed by atoms with van der Waals surface area (Å²) in [7, 11) is 0. The Morgan fingerprint density at radius 3 is 2.72 bits per heavy atom. The Balaban J connectivity index is 1.74. The van der Waals surface area contributed by atoms with Crippen molar-refractivity contribution in [2.75, 3.05) is 13.1 Å². The number of rotatable bonds is 2. The second-order valence-corrected chi connectivity index (χ2v) is 5.61. The smallest absolute Gasteiger partial charge is 0.256 e. The average Bonchev–Trinajstić information content (AvgIpc) is 3.12. The molecule has 0 bridgehead atoms. The van der Waals surface area contributed by atoms with Gasteiger partial charge >= 0.3 is 0 Å². The van der Waals surface area contributed by atoms with Gasteiger partial charge in [-0.1, -0.05) is 12.1 Å². The highest BCUT2D eigenvalue weighted by Gasteiger charge is 2.51. The number of likely N-dealkylation sites (tertiary alicyclic amines) is 1. The molecule has 1 aliphatic carbocycles. The van der Waals surface area contributed by atoms with Gasteiger partial charge in [0.25, 0.3) is 5.91 Å². The number of nitrogens with zero attached hydrogens (tertiary/aromatic N) is 1. The van der Waals surface area contributed by atoms with Gasteiger partial charge in [0.15, 0.2) is 0 Å². The van der Waals surface area contributed by atoms with Crippen LogP contribution in [0, 0.1) is 18.7 Å². The Morgan fingerprint density at radius 1 is 1.44 bits per heavy atom. The van der Waals surface area contributed by atoms with E-state index in [9.17, 15) is 9.18 Å². The molecule has 1 aromatic carbocycles. The van der Waals surface area contributed by atoms with Crippen molar-refractivity contribution in [3.8, 4) is 0 Å². The second kappa shape index (κ2) is 3.79. The normalized spacial score (nSPS) is 21.6. The maximum Gasteiger partial charge on any atom is 0.256 e. The Hall–Kier alpha value is -1.42. The predicted molar refractivity (Wildman–Crippen MR) is 66.7 cm³/mol. The number of carbonyl (C=O) groups excluding carboxylic acids is 1. The van der Waals surface area contributed by atoms with Gasteiger partial charge in [-0.15, -0.1) is 0 Å². The van der Waals surface area contributed by atoms with Gasteiger partial charge in [-0.2, -0.15) is 0 Å². The quantitative estimate of drug-likeness (QED) is 0.866. The summed E-state index contributed by atoms with van der Waals surface area (Å²) in [6, 6.07) is 4.92. The maximum atomic E-state index is 13.9. The van der Waals surface area contributed by atoms with Gasteiger partial charge in [-0.25, -0.2) is 4.39 Å². The minimum Gasteiger partial charge on any atom is -0.335 e. The molecule has 3 rings (SSSR count). The molecule has 0 unspecified atom stereocenters. The minimum absolute atomic E-state index is 0.160. The monoisotopic (exact) mass is 248 g/mol. The molecule has 18 heavy (non-hydrogen) atoms. The van der Waals surface area contributed by atoms with Crippen LogP contribution in [0.25, 0.3) is 0 Å². The molecule has 1 aliphatic heterocycles. The van der Waals surface area contributed by atoms with Crippen molar-refractivity contribution >= 4 is 5.91 Å². The molecule has 1 saturated carbocycles. The van der Waals surface area contributed by atoms with Crippen LogP contribution >= 0.6 is 0 Å². The van der Waals surface area contributed by atoms with Crippen molar-refractivity contribution < 1.29 is 9.18 Å². The van der Waals surface area contributed by atoms with E-state index < -0.39 is 5.82 Å². The van der Waals surface area contributed by atoms with Gasteiger partial charge in [0.05, 0.1) is 11.1 Å². The predicted octanol–water partition coefficient (Wildman–Crippen LogP) is 1.70. The number of hydrogen-bond acceptors (Lipinski definition) is 2. The lowest BCUT2D eigenvalue weighted by Gasteiger charge is -2.48. The second-order valence-electron chi connectivity index (χ2n) is 5.61. The third-order valence-corrected chi connectivity index (χ3v) is 4.07. The molecule has 96 valence electrons. The first-order valence-corrected chi connectivity index (χ1v) is 6.34. The molecule has 1 saturated heterocycles. The van der Waals surface area contributed by atoms with E-state index in [2.05, 4.69) is 0 Å². The molecule has 2 fully saturated rings. The fourth-order valence-corrected chi connectivity index (χ4v) is 2.71. The largest absolute Gasteiger partial charge is 0.335 e. The van der Waals surface area contributed by atoms with Crippen molar-refractivity contribution in [3.63, 3.8) is 0 Å². The molecule has 4 heteroatoms. The Bertz CT molecular complexity index is 505. The lowest BCUT2D eigenvalue weighted by Crippen LogP contribution is -2.69. The fraction of sp³-hybridized carbons (Fsp3) is 0.500. The average molecular weight is 248 g/mol. The number of benzene rings is 1. The number of nitrogens with two attached hydrogens (primary N) is 1. The van der Waals surface area contributed by atoms with E-state index in [0.717, 1.165) is 12.8 Å². The number of hydrogen-bond donors (Lipinski definition) is 1. The Morgan fingerprint density at radius 2 is 2.11 bits per heavy atom. The molecule has 0 radical (unpaired) electrons. The molecule has 3 nitrogen and oxygen atoms in total. The van der Waals surface area contributed by atoms with Crippen LogP contribution in [0.4, 0.5) is 4.39 Å². The number of carbonyl (C=O) groups is 1. The summed E-state index contributed by atoms with van der Waals surface area (Å²) in [6.07, 6.45) is 2.33. The molecular formula is C14H17FN2O. The van der Waals surface area contributed by atoms with Crippen molar-refractivity contribution in [1.82, 2.24) is 4.90 Å². The zero-order valence-electron chi connectivity index (χ0n) is 10.4. The first kappa shape index (κ1) is 11.7. The number of aryl methyl sites for hydroxylation is 1. The molecule has 2 N–H and O–H groups in total. The third-order valence-electron chi connectivity index (χ3n) is 4.07. The summed E-state index contributed by atoms with van der Waals surface area (Å²) in [4.78, 5) is 13.8. The fourth-order valence-electron chi connectivity index (χ4n) is 2.71. The number of amides is 1. The SMILES string of the molecule is Cc1cccc(C(=O)N2CC(N)(C3CC3)C2)c1F. The third kappa shape index (κ3) is 1.72. The van der Waals surface area contributed by atoms with Crippen LogP contribution in [0.15, 0.2) is 18.2 Å². The van der Waals surface area contributed by atoms with Crippen molar-refractivity contribution in [1.29, 1.82) is 0 Å². The molecule has 0 atom stereocenters. The summed E-state index contributed by atoms with van der Waals surface area (Å²) < 4.78 is 13.9. The standard InChI is InChI=1S/C14H17FN2O/c1-9-3-2-4-11(12(9)15)13(18)17-7-14(16,8-17)10-5-6-10/h2-4,10H,5-8,16H2,1H3. The topological polar surface area (TPSA) is 46.3 Å². The molecule has 0 spiro atoms. The zero-order chi connectivity index (χ0) is 12.9. The summed E-state index contributed by atoms with van der Waals surface area (Å²) in [5, 5.41) is 0. The van der Waals surface area contributed by atoms with Crippen LogP contribution in [0.3, 0.4) is 0 Å². The molecule has 1 heterocycles. The maximum absolute atomic E-state index is 13.9. The van der Waals surface area contributed by atoms with Gasteiger partial charge in [0, 0.05) is 13.1 Å². The lowest BCUT2D eigenvalue weighted by atomic mass is 9.85. The zero-order valence-corrected chi connectivity index (χ0v) is 10.4. The van der Waals surface area contributed by atoms with Crippen LogP contribution in [0.5, 0.6) is 0 Å². The van der Waals surface area contributed by atoms with Gasteiger partial charge < -0.3 is 10.6 Å². The van der Waals surface area contributed by atoms with Crippen molar-refractivity contribution in [2.45, 2.75) is 25.3 Å². The molecule has 1 aromatic rings. The molecule has 1 amide bonds. The van der Waals surface area contributed by atoms with Crippen LogP contribution in [-0.4, -0.2) is 29.4 Å². The van der Waals surface area contributed by atoms with Crippen LogP contribution in [0.2, 0.25) is 0 Å². The van der Waals surface area contributed by atoms with E-state index in [-0.39, 0.29) is 17.0 Å². The van der Waals surface area contributed by atoms with Gasteiger partial charge in [-0.05, 0) is 37.3 Å². The van der Waals surface area contributed by atoms with E-state index in [1.54, 1.807) is 24.0 Å². The van der Waals surface area contributed by atoms with Crippen molar-refractivity contribution in [2.24, 2.45) is 11.7 Å². The van der Waals surface area contributed by atoms with E-state index in [1.807, 2.05) is 0 Å². The molecule has 0 aromatic heterocycles. The van der Waals surface area contributed by atoms with Gasteiger partial charge in [0.2, 0.25) is 0 Å². The van der Waals surface area contributed by atoms with E-state index >= 15 is 0 Å². The number of halogens is 1. The first-order chi connectivity index (χ1) is 8.51. The van der Waals surface area contributed by atoms with Crippen molar-refractivity contribution in [3.05, 3.63) is 35.1 Å². The van der Waals surface area contributed by atoms with E-state index in [0.29, 0.717) is 24.6 Å². The molecule has 2 aliphatic rings. The Labute approximate surface area is 106 Å². The van der Waals surface area contributed by atoms with Crippen LogP contribution in [-0.2, 0) is 0 Å². The minimum atomic E-state index is -0.413. The van der Waals surface area contributed by atoms with Gasteiger partial charge in [0.1, 0.15) is 5.82 Å². The van der Waals surface area contributed by atoms with Crippen LogP contribution in [0.1, 0.15) is 28.8 Å². The Kier molecular flexibility index (Phi) is 2.45. The highest BCUT2D eigenvalue weighted by Crippen LogP contribution is 2.43. The van der Waals surface area contributed by atoms with Gasteiger partial charge in [-0.3, -0.25) is 4.79 Å². The van der Waals surface area contributed by atoms with Crippen LogP contribution < -0.4 is 5.73 Å². The highest BCUT2D eigenvalue weighted by molar-refractivity contribution is 5.95. The highest BCUT2D eigenvalue weighted by atomic mass is 19.1. The summed E-state index contributed by atoms with van der Waals surface area (Å²) in [5.41, 5.74) is 6.64. The summed E-state index contributed by atoms with van der Waals surface area (Å²) in [5.74, 6) is -0.0923. The first-order valence-electron chi connectivity index (χ1n) is 6.34. The summed E-state index contributed by atoms with van der Waals surface area (Å²) >= 11 is 0.